The molecule has 76 heavy (non-hydrogen) atoms. The van der Waals surface area contributed by atoms with Crippen LogP contribution in [0.1, 0.15) is 76.9 Å². The topological polar surface area (TPSA) is 249 Å². The lowest BCUT2D eigenvalue weighted by Crippen LogP contribution is -2.44. The van der Waals surface area contributed by atoms with E-state index < -0.39 is 11.8 Å². The number of primary amides is 2. The summed E-state index contributed by atoms with van der Waals surface area (Å²) in [5, 5.41) is 14.2. The number of hydrogen-bond donors (Lipinski definition) is 6. The first kappa shape index (κ1) is 49.5. The Hall–Kier alpha value is -7.36. The maximum Gasteiger partial charge on any atom is 0.271 e. The van der Waals surface area contributed by atoms with Crippen molar-refractivity contribution in [1.82, 2.24) is 39.7 Å². The number of nitrogens with zero attached hydrogens (tertiary/aromatic N) is 9. The molecule has 2 aromatic carbocycles. The number of pyridine rings is 2. The summed E-state index contributed by atoms with van der Waals surface area (Å²) >= 11 is 0. The molecule has 2 amide bonds. The number of carbonyl (C=O) groups is 2. The van der Waals surface area contributed by atoms with E-state index in [9.17, 15) is 9.59 Å². The SMILES string of the molecule is CN1CCN(c2ccc(Nc3nc(NC4CCOCC45CC5)c(-c4ccnc(C5CN(Cc6ccc(Nc7nc(NC8CCOCC89CC9)c(-c8ccncc8)nc7C(N)=O)cc6)CCO5)c4)nc3C(N)=O)cc2)CC1. The van der Waals surface area contributed by atoms with Gasteiger partial charge in [-0.25, -0.2) is 19.9 Å². The van der Waals surface area contributed by atoms with Gasteiger partial charge in [0.2, 0.25) is 0 Å². The first-order valence-corrected chi connectivity index (χ1v) is 26.6. The van der Waals surface area contributed by atoms with Crippen molar-refractivity contribution in [1.29, 1.82) is 0 Å². The summed E-state index contributed by atoms with van der Waals surface area (Å²) in [6, 6.07) is 24.1. The minimum atomic E-state index is -0.690. The van der Waals surface area contributed by atoms with Crippen LogP contribution in [0.2, 0.25) is 0 Å². The molecule has 6 aliphatic rings. The Morgan fingerprint density at radius 3 is 1.76 bits per heavy atom. The molecule has 394 valence electrons. The van der Waals surface area contributed by atoms with Crippen LogP contribution in [0.15, 0.2) is 91.4 Å². The van der Waals surface area contributed by atoms with Gasteiger partial charge in [-0.15, -0.1) is 0 Å². The normalized spacial score (nSPS) is 22.0. The highest BCUT2D eigenvalue weighted by molar-refractivity contribution is 5.98. The molecule has 0 radical (unpaired) electrons. The summed E-state index contributed by atoms with van der Waals surface area (Å²) in [5.41, 5.74) is 19.3. The summed E-state index contributed by atoms with van der Waals surface area (Å²) in [4.78, 5) is 62.2. The van der Waals surface area contributed by atoms with Crippen molar-refractivity contribution in [3.63, 3.8) is 0 Å². The van der Waals surface area contributed by atoms with Gasteiger partial charge in [0.05, 0.1) is 25.5 Å². The number of ether oxygens (including phenoxy) is 3. The fourth-order valence-electron chi connectivity index (χ4n) is 11.2. The summed E-state index contributed by atoms with van der Waals surface area (Å²) in [6.07, 6.45) is 10.8. The van der Waals surface area contributed by atoms with E-state index in [0.29, 0.717) is 69.1 Å². The Morgan fingerprint density at radius 1 is 0.645 bits per heavy atom. The zero-order valence-electron chi connectivity index (χ0n) is 42.8. The number of nitrogens with one attached hydrogen (secondary N) is 4. The van der Waals surface area contributed by atoms with Crippen LogP contribution in [0, 0.1) is 10.8 Å². The highest BCUT2D eigenvalue weighted by Crippen LogP contribution is 2.54. The Kier molecular flexibility index (Phi) is 13.7. The largest absolute Gasteiger partial charge is 0.381 e. The summed E-state index contributed by atoms with van der Waals surface area (Å²) in [6.45, 7) is 9.15. The molecule has 20 heteroatoms. The van der Waals surface area contributed by atoms with Crippen molar-refractivity contribution in [2.24, 2.45) is 22.3 Å². The smallest absolute Gasteiger partial charge is 0.271 e. The average molecular weight is 1030 g/mol. The number of morpholine rings is 1. The van der Waals surface area contributed by atoms with E-state index in [2.05, 4.69) is 72.3 Å². The van der Waals surface area contributed by atoms with E-state index in [-0.39, 0.29) is 52.0 Å². The number of anilines is 7. The highest BCUT2D eigenvalue weighted by Gasteiger charge is 2.52. The fourth-order valence-corrected chi connectivity index (χ4v) is 11.2. The zero-order valence-corrected chi connectivity index (χ0v) is 42.8. The Morgan fingerprint density at radius 2 is 1.20 bits per heavy atom. The zero-order chi connectivity index (χ0) is 51.8. The molecule has 4 aliphatic heterocycles. The molecular formula is C56H65N15O5. The monoisotopic (exact) mass is 1030 g/mol. The Balaban J connectivity index is 0.764. The van der Waals surface area contributed by atoms with Crippen LogP contribution in [-0.4, -0.2) is 143 Å². The van der Waals surface area contributed by atoms with Gasteiger partial charge in [-0.05, 0) is 112 Å². The van der Waals surface area contributed by atoms with Crippen molar-refractivity contribution in [3.05, 3.63) is 114 Å². The van der Waals surface area contributed by atoms with Gasteiger partial charge in [0.15, 0.2) is 34.7 Å². The lowest BCUT2D eigenvalue weighted by Gasteiger charge is -2.34. The molecule has 6 aromatic rings. The van der Waals surface area contributed by atoms with Gasteiger partial charge in [0.25, 0.3) is 11.8 Å². The molecular weight excluding hydrogens is 963 g/mol. The maximum absolute atomic E-state index is 13.2. The molecule has 20 nitrogen and oxygen atoms in total. The molecule has 2 aliphatic carbocycles. The third-order valence-corrected chi connectivity index (χ3v) is 16.1. The van der Waals surface area contributed by atoms with Gasteiger partial charge in [0.1, 0.15) is 17.5 Å². The third-order valence-electron chi connectivity index (χ3n) is 16.1. The number of benzene rings is 2. The van der Waals surface area contributed by atoms with Crippen LogP contribution in [-0.2, 0) is 20.8 Å². The molecule has 3 atom stereocenters. The van der Waals surface area contributed by atoms with E-state index in [1.165, 1.54) is 0 Å². The molecule has 12 rings (SSSR count). The minimum absolute atomic E-state index is 0.0362. The average Bonchev–Trinajstić information content (AvgIpc) is 4.45. The quantitative estimate of drug-likeness (QED) is 0.0617. The lowest BCUT2D eigenvalue weighted by atomic mass is 9.92. The molecule has 8 N–H and O–H groups in total. The second kappa shape index (κ2) is 21.0. The van der Waals surface area contributed by atoms with Gasteiger partial charge in [-0.2, -0.15) is 0 Å². The molecule has 4 saturated heterocycles. The summed E-state index contributed by atoms with van der Waals surface area (Å²) in [5.74, 6) is 0.302. The molecule has 6 fully saturated rings. The van der Waals surface area contributed by atoms with Crippen molar-refractivity contribution >= 4 is 52.1 Å². The molecule has 0 bridgehead atoms. The number of carbonyl (C=O) groups excluding carboxylic acids is 2. The molecule has 8 heterocycles. The number of hydrogen-bond acceptors (Lipinski definition) is 18. The third kappa shape index (κ3) is 10.6. The van der Waals surface area contributed by atoms with Gasteiger partial charge < -0.3 is 56.7 Å². The molecule has 4 aromatic heterocycles. The first-order chi connectivity index (χ1) is 37.1. The number of likely N-dealkylation sites (N-methyl/N-ethyl adjacent to an activating group) is 1. The van der Waals surface area contributed by atoms with Gasteiger partial charge in [-0.1, -0.05) is 12.1 Å². The predicted octanol–water partition coefficient (Wildman–Crippen LogP) is 6.36. The van der Waals surface area contributed by atoms with Gasteiger partial charge in [-0.3, -0.25) is 24.5 Å². The van der Waals surface area contributed by atoms with Crippen LogP contribution >= 0.6 is 0 Å². The van der Waals surface area contributed by atoms with Crippen LogP contribution < -0.4 is 37.6 Å². The second-order valence-electron chi connectivity index (χ2n) is 21.3. The van der Waals surface area contributed by atoms with E-state index in [0.717, 1.165) is 111 Å². The van der Waals surface area contributed by atoms with E-state index in [4.69, 9.17) is 50.6 Å². The number of amides is 2. The second-order valence-corrected chi connectivity index (χ2v) is 21.3. The Bertz CT molecular complexity index is 3080. The number of nitrogens with two attached hydrogens (primary N) is 2. The summed E-state index contributed by atoms with van der Waals surface area (Å²) < 4.78 is 18.2. The Labute approximate surface area is 441 Å². The lowest BCUT2D eigenvalue weighted by molar-refractivity contribution is -0.0349. The molecule has 3 unspecified atom stereocenters. The first-order valence-electron chi connectivity index (χ1n) is 26.6. The number of rotatable bonds is 16. The molecule has 2 spiro atoms. The maximum atomic E-state index is 13.2. The summed E-state index contributed by atoms with van der Waals surface area (Å²) in [7, 11) is 2.15. The van der Waals surface area contributed by atoms with E-state index in [1.54, 1.807) is 18.6 Å². The van der Waals surface area contributed by atoms with Gasteiger partial charge >= 0.3 is 0 Å². The number of piperazine rings is 1. The van der Waals surface area contributed by atoms with Crippen molar-refractivity contribution < 1.29 is 23.8 Å². The standard InChI is InChI=1S/C56H65N15O5/c1-69-22-24-71(25-23-69)40-8-6-39(7-9-40)62-54-48(50(58)73)66-46(52(68-54)64-44-14-28-75-34-56(44)17-18-56)37-12-21-60-41(30-37)42-32-70(26-29-76-42)31-35-2-4-38(5-3-35)61-53-47(49(57)72)65-45(36-10-19-59-20-11-36)51(67-53)63-43-13-27-74-33-55(43)15-16-55/h2-12,19-21,30,42-44H,13-18,22-29,31-34H2,1H3,(H2,57,72)(H2,58,73)(H2,61,63,67)(H2,62,64,68). The fraction of sp³-hybridized carbons (Fsp3) is 0.429. The molecule has 2 saturated carbocycles. The minimum Gasteiger partial charge on any atom is -0.381 e. The predicted molar refractivity (Wildman–Crippen MR) is 290 cm³/mol. The van der Waals surface area contributed by atoms with Crippen LogP contribution in [0.3, 0.4) is 0 Å². The van der Waals surface area contributed by atoms with Crippen LogP contribution in [0.25, 0.3) is 22.5 Å². The number of aromatic nitrogens is 6. The highest BCUT2D eigenvalue weighted by atomic mass is 16.5. The van der Waals surface area contributed by atoms with Crippen molar-refractivity contribution in [2.75, 3.05) is 106 Å². The van der Waals surface area contributed by atoms with Crippen molar-refractivity contribution in [3.8, 4) is 22.5 Å². The van der Waals surface area contributed by atoms with Crippen LogP contribution in [0.5, 0.6) is 0 Å². The van der Waals surface area contributed by atoms with Crippen molar-refractivity contribution in [2.45, 2.75) is 63.3 Å². The van der Waals surface area contributed by atoms with Crippen LogP contribution in [0.4, 0.5) is 40.3 Å². The van der Waals surface area contributed by atoms with Gasteiger partial charge in [0, 0.05) is 129 Å². The van der Waals surface area contributed by atoms with E-state index in [1.807, 2.05) is 48.5 Å². The van der Waals surface area contributed by atoms with E-state index >= 15 is 0 Å².